The molecule has 1 amide bonds. The number of methoxy groups -OCH3 is 1. The second-order valence-corrected chi connectivity index (χ2v) is 7.87. The second-order valence-electron chi connectivity index (χ2n) is 6.96. The summed E-state index contributed by atoms with van der Waals surface area (Å²) in [6.07, 6.45) is 1.51. The lowest BCUT2D eigenvalue weighted by Gasteiger charge is -2.06. The molecule has 0 saturated heterocycles. The van der Waals surface area contributed by atoms with Gasteiger partial charge in [0, 0.05) is 5.69 Å². The van der Waals surface area contributed by atoms with Crippen LogP contribution < -0.4 is 21.3 Å². The first-order valence-corrected chi connectivity index (χ1v) is 10.5. The number of carbonyl (C=O) groups excluding carboxylic acids is 1. The molecule has 0 radical (unpaired) electrons. The Bertz CT molecular complexity index is 1540. The molecule has 0 atom stereocenters. The fraction of sp³-hybridized carbons (Fsp3) is 0.143. The molecule has 0 aliphatic carbocycles. The van der Waals surface area contributed by atoms with E-state index in [4.69, 9.17) is 9.15 Å². The molecule has 5 rings (SSSR count). The molecule has 32 heavy (non-hydrogen) atoms. The van der Waals surface area contributed by atoms with Crippen LogP contribution in [0.25, 0.3) is 16.0 Å². The van der Waals surface area contributed by atoms with E-state index in [0.29, 0.717) is 27.4 Å². The van der Waals surface area contributed by atoms with Gasteiger partial charge in [-0.05, 0) is 47.8 Å². The third-order valence-corrected chi connectivity index (χ3v) is 5.84. The number of amides is 1. The molecular weight excluding hydrogens is 434 g/mol. The SMILES string of the molecule is COc1ccc(NC(=O)Cn2nc3n(Cc4ccco4)c(=O)c4sccc4n3c2=O)cc1. The summed E-state index contributed by atoms with van der Waals surface area (Å²) in [7, 11) is 1.55. The van der Waals surface area contributed by atoms with Crippen molar-refractivity contribution in [2.45, 2.75) is 13.1 Å². The zero-order chi connectivity index (χ0) is 22.2. The number of ether oxygens (including phenoxy) is 1. The number of nitrogens with zero attached hydrogens (tertiary/aromatic N) is 4. The number of fused-ring (bicyclic) bond motifs is 3. The zero-order valence-corrected chi connectivity index (χ0v) is 17.7. The van der Waals surface area contributed by atoms with Crippen LogP contribution in [0.1, 0.15) is 5.76 Å². The third-order valence-electron chi connectivity index (χ3n) is 4.95. The van der Waals surface area contributed by atoms with Crippen molar-refractivity contribution in [3.8, 4) is 5.75 Å². The van der Waals surface area contributed by atoms with Crippen LogP contribution in [0.15, 0.2) is 68.1 Å². The van der Waals surface area contributed by atoms with E-state index in [1.54, 1.807) is 55.0 Å². The lowest BCUT2D eigenvalue weighted by molar-refractivity contribution is -0.117. The number of nitrogens with one attached hydrogen (secondary N) is 1. The van der Waals surface area contributed by atoms with Crippen molar-refractivity contribution < 1.29 is 13.9 Å². The molecule has 162 valence electrons. The number of carbonyl (C=O) groups is 1. The average Bonchev–Trinajstić information content (AvgIpc) is 3.53. The molecule has 1 N–H and O–H groups in total. The Balaban J connectivity index is 1.54. The molecule has 0 saturated carbocycles. The van der Waals surface area contributed by atoms with Gasteiger partial charge in [0.25, 0.3) is 5.56 Å². The van der Waals surface area contributed by atoms with Gasteiger partial charge < -0.3 is 14.5 Å². The van der Waals surface area contributed by atoms with Gasteiger partial charge in [-0.2, -0.15) is 0 Å². The Morgan fingerprint density at radius 2 is 2.00 bits per heavy atom. The minimum atomic E-state index is -0.513. The number of hydrogen-bond donors (Lipinski definition) is 1. The number of furan rings is 1. The standard InChI is InChI=1S/C21H17N5O5S/c1-30-14-6-4-13(5-7-14)22-17(27)12-25-21(29)26-16-8-10-32-18(16)19(28)24(20(26)23-25)11-15-3-2-9-31-15/h2-10H,11-12H2,1H3,(H,22,27). The van der Waals surface area contributed by atoms with Crippen molar-refractivity contribution in [3.63, 3.8) is 0 Å². The second kappa shape index (κ2) is 7.85. The number of thiophene rings is 1. The molecule has 0 bridgehead atoms. The van der Waals surface area contributed by atoms with E-state index < -0.39 is 11.6 Å². The Labute approximate surface area is 183 Å². The van der Waals surface area contributed by atoms with Crippen LogP contribution in [0.2, 0.25) is 0 Å². The smallest absolute Gasteiger partial charge is 0.352 e. The molecule has 0 aliphatic heterocycles. The molecule has 5 aromatic rings. The van der Waals surface area contributed by atoms with Crippen LogP contribution in [0.4, 0.5) is 5.69 Å². The maximum Gasteiger partial charge on any atom is 0.352 e. The quantitative estimate of drug-likeness (QED) is 0.423. The summed E-state index contributed by atoms with van der Waals surface area (Å²) < 4.78 is 14.7. The number of hydrogen-bond acceptors (Lipinski definition) is 7. The van der Waals surface area contributed by atoms with Crippen LogP contribution in [-0.4, -0.2) is 31.8 Å². The lowest BCUT2D eigenvalue weighted by Crippen LogP contribution is -2.29. The highest BCUT2D eigenvalue weighted by atomic mass is 32.1. The van der Waals surface area contributed by atoms with Crippen LogP contribution >= 0.6 is 11.3 Å². The van der Waals surface area contributed by atoms with E-state index in [1.807, 2.05) is 0 Å². The molecule has 4 aromatic heterocycles. The number of benzene rings is 1. The zero-order valence-electron chi connectivity index (χ0n) is 16.8. The van der Waals surface area contributed by atoms with Gasteiger partial charge in [0.15, 0.2) is 0 Å². The van der Waals surface area contributed by atoms with E-state index in [0.717, 1.165) is 4.68 Å². The molecule has 0 unspecified atom stereocenters. The highest BCUT2D eigenvalue weighted by Gasteiger charge is 2.20. The minimum Gasteiger partial charge on any atom is -0.497 e. The van der Waals surface area contributed by atoms with Crippen LogP contribution in [0.3, 0.4) is 0 Å². The lowest BCUT2D eigenvalue weighted by atomic mass is 10.3. The summed E-state index contributed by atoms with van der Waals surface area (Å²) in [4.78, 5) is 38.7. The number of aromatic nitrogens is 4. The first kappa shape index (κ1) is 19.8. The normalized spacial score (nSPS) is 11.3. The number of rotatable bonds is 6. The maximum atomic E-state index is 13.1. The van der Waals surface area contributed by atoms with Crippen molar-refractivity contribution >= 4 is 38.9 Å². The third kappa shape index (κ3) is 3.38. The molecule has 10 nitrogen and oxygen atoms in total. The molecule has 1 aromatic carbocycles. The highest BCUT2D eigenvalue weighted by Crippen LogP contribution is 2.18. The van der Waals surface area contributed by atoms with Gasteiger partial charge in [-0.25, -0.2) is 13.9 Å². The summed E-state index contributed by atoms with van der Waals surface area (Å²) in [6, 6.07) is 12.0. The summed E-state index contributed by atoms with van der Waals surface area (Å²) in [6.45, 7) is -0.204. The first-order chi connectivity index (χ1) is 15.5. The summed E-state index contributed by atoms with van der Waals surface area (Å²) in [5.74, 6) is 0.916. The van der Waals surface area contributed by atoms with Gasteiger partial charge in [-0.1, -0.05) is 0 Å². The van der Waals surface area contributed by atoms with Crippen LogP contribution in [0, 0.1) is 0 Å². The fourth-order valence-corrected chi connectivity index (χ4v) is 4.27. The molecule has 4 heterocycles. The van der Waals surface area contributed by atoms with Crippen molar-refractivity contribution in [2.75, 3.05) is 12.4 Å². The Hall–Kier alpha value is -4.12. The predicted molar refractivity (Wildman–Crippen MR) is 119 cm³/mol. The van der Waals surface area contributed by atoms with Crippen molar-refractivity contribution in [2.24, 2.45) is 0 Å². The maximum absolute atomic E-state index is 13.1. The largest absolute Gasteiger partial charge is 0.497 e. The van der Waals surface area contributed by atoms with Gasteiger partial charge in [0.05, 0.1) is 25.4 Å². The molecule has 0 aliphatic rings. The van der Waals surface area contributed by atoms with Gasteiger partial charge >= 0.3 is 5.69 Å². The van der Waals surface area contributed by atoms with E-state index in [1.165, 1.54) is 26.6 Å². The van der Waals surface area contributed by atoms with E-state index in [9.17, 15) is 14.4 Å². The molecule has 0 fully saturated rings. The monoisotopic (exact) mass is 451 g/mol. The Morgan fingerprint density at radius 1 is 1.19 bits per heavy atom. The molecule has 0 spiro atoms. The van der Waals surface area contributed by atoms with Gasteiger partial charge in [-0.15, -0.1) is 16.4 Å². The summed E-state index contributed by atoms with van der Waals surface area (Å²) >= 11 is 1.24. The predicted octanol–water partition coefficient (Wildman–Crippen LogP) is 2.16. The molecular formula is C21H17N5O5S. The minimum absolute atomic E-state index is 0.109. The van der Waals surface area contributed by atoms with Crippen molar-refractivity contribution in [3.05, 3.63) is 80.7 Å². The van der Waals surface area contributed by atoms with Gasteiger partial charge in [0.2, 0.25) is 11.7 Å². The number of anilines is 1. The van der Waals surface area contributed by atoms with E-state index >= 15 is 0 Å². The summed E-state index contributed by atoms with van der Waals surface area (Å²) in [5, 5.41) is 8.77. The van der Waals surface area contributed by atoms with Crippen molar-refractivity contribution in [1.82, 2.24) is 18.7 Å². The Morgan fingerprint density at radius 3 is 2.72 bits per heavy atom. The van der Waals surface area contributed by atoms with E-state index in [2.05, 4.69) is 10.4 Å². The van der Waals surface area contributed by atoms with Crippen LogP contribution in [0.5, 0.6) is 5.75 Å². The fourth-order valence-electron chi connectivity index (χ4n) is 3.45. The van der Waals surface area contributed by atoms with Crippen LogP contribution in [-0.2, 0) is 17.9 Å². The molecule has 11 heteroatoms. The first-order valence-electron chi connectivity index (χ1n) is 9.61. The van der Waals surface area contributed by atoms with E-state index in [-0.39, 0.29) is 24.4 Å². The Kier molecular flexibility index (Phi) is 4.86. The van der Waals surface area contributed by atoms with Crippen molar-refractivity contribution in [1.29, 1.82) is 0 Å². The average molecular weight is 451 g/mol. The van der Waals surface area contributed by atoms with Gasteiger partial charge in [0.1, 0.15) is 22.8 Å². The topological polar surface area (TPSA) is 113 Å². The highest BCUT2D eigenvalue weighted by molar-refractivity contribution is 7.17. The summed E-state index contributed by atoms with van der Waals surface area (Å²) in [5.41, 5.74) is 0.222. The van der Waals surface area contributed by atoms with Gasteiger partial charge in [-0.3, -0.25) is 14.2 Å².